The van der Waals surface area contributed by atoms with E-state index in [1.807, 2.05) is 6.92 Å². The normalized spacial score (nSPS) is 11.6. The zero-order valence-electron chi connectivity index (χ0n) is 11.5. The van der Waals surface area contributed by atoms with Crippen molar-refractivity contribution in [2.45, 2.75) is 37.5 Å². The van der Waals surface area contributed by atoms with E-state index in [1.165, 1.54) is 0 Å². The Bertz CT molecular complexity index is 617. The summed E-state index contributed by atoms with van der Waals surface area (Å²) in [5.41, 5.74) is -0.625. The average Bonchev–Trinajstić information content (AvgIpc) is 2.40. The van der Waals surface area contributed by atoms with Crippen molar-refractivity contribution >= 4 is 16.0 Å². The van der Waals surface area contributed by atoms with Gasteiger partial charge in [-0.25, -0.2) is 26.7 Å². The van der Waals surface area contributed by atoms with Gasteiger partial charge in [-0.05, 0) is 18.6 Å². The summed E-state index contributed by atoms with van der Waals surface area (Å²) in [5, 5.41) is 8.76. The lowest BCUT2D eigenvalue weighted by Gasteiger charge is -2.09. The molecule has 118 valence electrons. The molecule has 0 bridgehead atoms. The average molecular weight is 321 g/mol. The van der Waals surface area contributed by atoms with E-state index in [1.54, 1.807) is 0 Å². The Balaban J connectivity index is 2.94. The molecule has 0 spiro atoms. The molecule has 0 heterocycles. The van der Waals surface area contributed by atoms with Gasteiger partial charge in [0.05, 0.1) is 5.56 Å². The molecule has 2 N–H and O–H groups in total. The molecule has 0 aliphatic heterocycles. The Labute approximate surface area is 122 Å². The fourth-order valence-corrected chi connectivity index (χ4v) is 2.90. The first-order chi connectivity index (χ1) is 9.79. The maximum absolute atomic E-state index is 13.6. The molecular weight excluding hydrogens is 304 g/mol. The zero-order valence-corrected chi connectivity index (χ0v) is 12.3. The van der Waals surface area contributed by atoms with E-state index in [2.05, 4.69) is 4.72 Å². The summed E-state index contributed by atoms with van der Waals surface area (Å²) in [6.45, 7) is 2.08. The summed E-state index contributed by atoms with van der Waals surface area (Å²) in [6.07, 6.45) is 3.30. The van der Waals surface area contributed by atoms with E-state index < -0.39 is 38.1 Å². The summed E-state index contributed by atoms with van der Waals surface area (Å²) in [6, 6.07) is 1.05. The van der Waals surface area contributed by atoms with Crippen molar-refractivity contribution in [2.24, 2.45) is 0 Å². The second-order valence-corrected chi connectivity index (χ2v) is 6.27. The predicted octanol–water partition coefficient (Wildman–Crippen LogP) is 2.52. The molecule has 0 aromatic heterocycles. The number of benzene rings is 1. The first kappa shape index (κ1) is 17.5. The first-order valence-electron chi connectivity index (χ1n) is 6.51. The van der Waals surface area contributed by atoms with Crippen LogP contribution >= 0.6 is 0 Å². The molecule has 0 atom stereocenters. The second-order valence-electron chi connectivity index (χ2n) is 4.53. The van der Waals surface area contributed by atoms with Crippen molar-refractivity contribution in [2.75, 3.05) is 6.54 Å². The number of carboxylic acid groups (broad SMARTS) is 1. The third-order valence-corrected chi connectivity index (χ3v) is 4.31. The van der Waals surface area contributed by atoms with E-state index in [9.17, 15) is 22.0 Å². The monoisotopic (exact) mass is 321 g/mol. The summed E-state index contributed by atoms with van der Waals surface area (Å²) in [4.78, 5) is 9.78. The second kappa shape index (κ2) is 7.46. The van der Waals surface area contributed by atoms with Crippen molar-refractivity contribution in [3.63, 3.8) is 0 Å². The smallest absolute Gasteiger partial charge is 0.335 e. The lowest BCUT2D eigenvalue weighted by molar-refractivity contribution is 0.0696. The molecule has 0 saturated carbocycles. The van der Waals surface area contributed by atoms with Crippen LogP contribution in [-0.4, -0.2) is 26.0 Å². The lowest BCUT2D eigenvalue weighted by Crippen LogP contribution is -2.26. The molecule has 0 fully saturated rings. The van der Waals surface area contributed by atoms with Gasteiger partial charge in [-0.15, -0.1) is 0 Å². The Morgan fingerprint density at radius 3 is 2.48 bits per heavy atom. The van der Waals surface area contributed by atoms with E-state index in [4.69, 9.17) is 5.11 Å². The number of sulfonamides is 1. The van der Waals surface area contributed by atoms with Crippen LogP contribution in [0.3, 0.4) is 0 Å². The molecule has 0 unspecified atom stereocenters. The van der Waals surface area contributed by atoms with Gasteiger partial charge in [-0.3, -0.25) is 0 Å². The van der Waals surface area contributed by atoms with Gasteiger partial charge < -0.3 is 5.11 Å². The Kier molecular flexibility index (Phi) is 6.22. The number of hydrogen-bond acceptors (Lipinski definition) is 3. The largest absolute Gasteiger partial charge is 0.478 e. The highest BCUT2D eigenvalue weighted by Crippen LogP contribution is 2.20. The van der Waals surface area contributed by atoms with E-state index in [0.29, 0.717) is 18.6 Å². The van der Waals surface area contributed by atoms with Crippen LogP contribution < -0.4 is 4.72 Å². The molecule has 1 aromatic carbocycles. The van der Waals surface area contributed by atoms with Crippen molar-refractivity contribution in [3.05, 3.63) is 29.3 Å². The number of aromatic carboxylic acids is 1. The third kappa shape index (κ3) is 4.75. The number of nitrogens with one attached hydrogen (secondary N) is 1. The highest BCUT2D eigenvalue weighted by Gasteiger charge is 2.24. The minimum atomic E-state index is -4.28. The molecule has 0 saturated heterocycles. The van der Waals surface area contributed by atoms with Gasteiger partial charge in [0.15, 0.2) is 11.6 Å². The molecule has 0 radical (unpaired) electrons. The standard InChI is InChI=1S/C13H17F2NO4S/c1-2-3-4-5-6-16-21(19,20)11-8-9(13(17)18)7-10(14)12(11)15/h7-8,16H,2-6H2,1H3,(H,17,18). The fourth-order valence-electron chi connectivity index (χ4n) is 1.72. The van der Waals surface area contributed by atoms with Crippen molar-refractivity contribution < 1.29 is 27.1 Å². The minimum absolute atomic E-state index is 0.0840. The molecule has 0 amide bonds. The summed E-state index contributed by atoms with van der Waals surface area (Å²) < 4.78 is 52.8. The summed E-state index contributed by atoms with van der Waals surface area (Å²) in [5.74, 6) is -4.63. The maximum Gasteiger partial charge on any atom is 0.335 e. The summed E-state index contributed by atoms with van der Waals surface area (Å²) in [7, 11) is -4.28. The number of unbranched alkanes of at least 4 members (excludes halogenated alkanes) is 3. The van der Waals surface area contributed by atoms with Gasteiger partial charge in [0.1, 0.15) is 4.90 Å². The molecule has 0 aliphatic carbocycles. The maximum atomic E-state index is 13.6. The van der Waals surface area contributed by atoms with Crippen molar-refractivity contribution in [3.8, 4) is 0 Å². The van der Waals surface area contributed by atoms with Gasteiger partial charge in [-0.1, -0.05) is 26.2 Å². The Hall–Kier alpha value is -1.54. The molecular formula is C13H17F2NO4S. The fraction of sp³-hybridized carbons (Fsp3) is 0.462. The van der Waals surface area contributed by atoms with Crippen LogP contribution in [0.4, 0.5) is 8.78 Å². The highest BCUT2D eigenvalue weighted by atomic mass is 32.2. The van der Waals surface area contributed by atoms with E-state index >= 15 is 0 Å². The number of carbonyl (C=O) groups is 1. The zero-order chi connectivity index (χ0) is 16.0. The molecule has 1 rings (SSSR count). The van der Waals surface area contributed by atoms with Crippen LogP contribution in [0.25, 0.3) is 0 Å². The van der Waals surface area contributed by atoms with Gasteiger partial charge in [-0.2, -0.15) is 0 Å². The minimum Gasteiger partial charge on any atom is -0.478 e. The predicted molar refractivity (Wildman–Crippen MR) is 72.6 cm³/mol. The van der Waals surface area contributed by atoms with Crippen LogP contribution in [0, 0.1) is 11.6 Å². The van der Waals surface area contributed by atoms with Gasteiger partial charge in [0, 0.05) is 6.54 Å². The van der Waals surface area contributed by atoms with Crippen molar-refractivity contribution in [1.82, 2.24) is 4.72 Å². The third-order valence-electron chi connectivity index (χ3n) is 2.85. The van der Waals surface area contributed by atoms with E-state index in [0.717, 1.165) is 19.3 Å². The molecule has 1 aromatic rings. The van der Waals surface area contributed by atoms with E-state index in [-0.39, 0.29) is 6.54 Å². The quantitative estimate of drug-likeness (QED) is 0.721. The molecule has 5 nitrogen and oxygen atoms in total. The molecule has 0 aliphatic rings. The summed E-state index contributed by atoms with van der Waals surface area (Å²) >= 11 is 0. The highest BCUT2D eigenvalue weighted by molar-refractivity contribution is 7.89. The lowest BCUT2D eigenvalue weighted by atomic mass is 10.2. The van der Waals surface area contributed by atoms with Crippen molar-refractivity contribution in [1.29, 1.82) is 0 Å². The number of halogens is 2. The first-order valence-corrected chi connectivity index (χ1v) is 8.00. The van der Waals surface area contributed by atoms with Gasteiger partial charge in [0.25, 0.3) is 0 Å². The SMILES string of the molecule is CCCCCCNS(=O)(=O)c1cc(C(=O)O)cc(F)c1F. The number of hydrogen-bond donors (Lipinski definition) is 2. The number of carboxylic acids is 1. The molecule has 8 heteroatoms. The van der Waals surface area contributed by atoms with Crippen LogP contribution in [-0.2, 0) is 10.0 Å². The van der Waals surface area contributed by atoms with Crippen LogP contribution in [0.5, 0.6) is 0 Å². The van der Waals surface area contributed by atoms with Gasteiger partial charge in [0.2, 0.25) is 10.0 Å². The number of rotatable bonds is 8. The Morgan fingerprint density at radius 2 is 1.90 bits per heavy atom. The van der Waals surface area contributed by atoms with Crippen LogP contribution in [0.2, 0.25) is 0 Å². The topological polar surface area (TPSA) is 83.5 Å². The van der Waals surface area contributed by atoms with Crippen LogP contribution in [0.15, 0.2) is 17.0 Å². The Morgan fingerprint density at radius 1 is 1.24 bits per heavy atom. The van der Waals surface area contributed by atoms with Crippen LogP contribution in [0.1, 0.15) is 43.0 Å². The molecule has 21 heavy (non-hydrogen) atoms. The van der Waals surface area contributed by atoms with Gasteiger partial charge >= 0.3 is 5.97 Å².